The highest BCUT2D eigenvalue weighted by Crippen LogP contribution is 2.39. The molecule has 1 amide bonds. The topological polar surface area (TPSA) is 65.2 Å². The van der Waals surface area contributed by atoms with Crippen LogP contribution in [0.2, 0.25) is 0 Å². The Morgan fingerprint density at radius 1 is 1.14 bits per heavy atom. The summed E-state index contributed by atoms with van der Waals surface area (Å²) in [5, 5.41) is 3.42. The first-order valence-corrected chi connectivity index (χ1v) is 7.88. The number of carbonyl (C=O) groups excluding carboxylic acids is 1. The van der Waals surface area contributed by atoms with Gasteiger partial charge in [-0.15, -0.1) is 0 Å². The Kier molecular flexibility index (Phi) is 4.10. The molecule has 114 valence electrons. The van der Waals surface area contributed by atoms with E-state index in [1.54, 1.807) is 18.3 Å². The Labute approximate surface area is 124 Å². The van der Waals surface area contributed by atoms with E-state index in [9.17, 15) is 9.59 Å². The van der Waals surface area contributed by atoms with Crippen LogP contribution in [0.15, 0.2) is 23.1 Å². The van der Waals surface area contributed by atoms with Crippen LogP contribution in [0.4, 0.5) is 0 Å². The van der Waals surface area contributed by atoms with E-state index in [4.69, 9.17) is 0 Å². The fraction of sp³-hybridized carbons (Fsp3) is 0.625. The van der Waals surface area contributed by atoms with Crippen molar-refractivity contribution in [3.8, 4) is 0 Å². The third-order valence-electron chi connectivity index (χ3n) is 5.05. The van der Waals surface area contributed by atoms with Crippen molar-refractivity contribution < 1.29 is 4.79 Å². The zero-order valence-corrected chi connectivity index (χ0v) is 12.4. The second-order valence-electron chi connectivity index (χ2n) is 6.31. The molecule has 5 heteroatoms. The monoisotopic (exact) mass is 289 g/mol. The SMILES string of the molecule is O=C(c1ccc[nH]c1=O)N1CCCC2(CCNCC2)CC1. The van der Waals surface area contributed by atoms with Crippen LogP contribution in [0.25, 0.3) is 0 Å². The van der Waals surface area contributed by atoms with Gasteiger partial charge in [-0.1, -0.05) is 0 Å². The molecule has 0 unspecified atom stereocenters. The van der Waals surface area contributed by atoms with E-state index in [1.807, 2.05) is 4.90 Å². The predicted octanol–water partition coefficient (Wildman–Crippen LogP) is 1.37. The molecule has 1 aromatic heterocycles. The predicted molar refractivity (Wildman–Crippen MR) is 81.4 cm³/mol. The summed E-state index contributed by atoms with van der Waals surface area (Å²) in [5.41, 5.74) is 0.380. The molecule has 3 rings (SSSR count). The van der Waals surface area contributed by atoms with Gasteiger partial charge in [0.05, 0.1) is 0 Å². The van der Waals surface area contributed by atoms with Crippen molar-refractivity contribution in [2.45, 2.75) is 32.1 Å². The minimum atomic E-state index is -0.289. The summed E-state index contributed by atoms with van der Waals surface area (Å²) < 4.78 is 0. The van der Waals surface area contributed by atoms with Crippen LogP contribution in [0.3, 0.4) is 0 Å². The third-order valence-corrected chi connectivity index (χ3v) is 5.05. The lowest BCUT2D eigenvalue weighted by molar-refractivity contribution is 0.0749. The van der Waals surface area contributed by atoms with Gasteiger partial charge in [0.25, 0.3) is 11.5 Å². The van der Waals surface area contributed by atoms with Gasteiger partial charge in [-0.25, -0.2) is 0 Å². The molecule has 2 N–H and O–H groups in total. The summed E-state index contributed by atoms with van der Waals surface area (Å²) in [6.45, 7) is 3.72. The Morgan fingerprint density at radius 2 is 1.95 bits per heavy atom. The van der Waals surface area contributed by atoms with E-state index < -0.39 is 0 Å². The molecule has 0 atom stereocenters. The smallest absolute Gasteiger partial charge is 0.260 e. The Hall–Kier alpha value is -1.62. The van der Waals surface area contributed by atoms with Gasteiger partial charge in [0, 0.05) is 19.3 Å². The van der Waals surface area contributed by atoms with Crippen molar-refractivity contribution >= 4 is 5.91 Å². The van der Waals surface area contributed by atoms with Crippen LogP contribution in [-0.4, -0.2) is 42.0 Å². The number of H-pyrrole nitrogens is 1. The van der Waals surface area contributed by atoms with Crippen LogP contribution in [0.5, 0.6) is 0 Å². The Bertz CT molecular complexity index is 561. The maximum atomic E-state index is 12.5. The number of aromatic amines is 1. The number of pyridine rings is 1. The molecule has 2 aliphatic heterocycles. The van der Waals surface area contributed by atoms with Crippen molar-refractivity contribution in [1.29, 1.82) is 0 Å². The van der Waals surface area contributed by atoms with Crippen LogP contribution in [-0.2, 0) is 0 Å². The van der Waals surface area contributed by atoms with Crippen LogP contribution >= 0.6 is 0 Å². The number of carbonyl (C=O) groups is 1. The van der Waals surface area contributed by atoms with Gasteiger partial charge in [-0.2, -0.15) is 0 Å². The zero-order chi connectivity index (χ0) is 14.7. The summed E-state index contributed by atoms with van der Waals surface area (Å²) in [6, 6.07) is 3.33. The average Bonchev–Trinajstić information content (AvgIpc) is 2.71. The summed E-state index contributed by atoms with van der Waals surface area (Å²) >= 11 is 0. The number of piperidine rings is 1. The van der Waals surface area contributed by atoms with Crippen LogP contribution < -0.4 is 10.9 Å². The molecular weight excluding hydrogens is 266 g/mol. The average molecular weight is 289 g/mol. The van der Waals surface area contributed by atoms with Gasteiger partial charge in [-0.05, 0) is 62.7 Å². The molecule has 1 spiro atoms. The molecule has 5 nitrogen and oxygen atoms in total. The highest BCUT2D eigenvalue weighted by atomic mass is 16.2. The van der Waals surface area contributed by atoms with Crippen LogP contribution in [0.1, 0.15) is 42.5 Å². The van der Waals surface area contributed by atoms with Gasteiger partial charge >= 0.3 is 0 Å². The Morgan fingerprint density at radius 3 is 2.71 bits per heavy atom. The maximum Gasteiger partial charge on any atom is 0.260 e. The largest absolute Gasteiger partial charge is 0.338 e. The summed E-state index contributed by atoms with van der Waals surface area (Å²) in [5.74, 6) is -0.122. The van der Waals surface area contributed by atoms with E-state index in [1.165, 1.54) is 19.3 Å². The first kappa shape index (κ1) is 14.3. The Balaban J connectivity index is 1.71. The van der Waals surface area contributed by atoms with Crippen molar-refractivity contribution in [2.24, 2.45) is 5.41 Å². The number of rotatable bonds is 1. The third kappa shape index (κ3) is 3.02. The summed E-state index contributed by atoms with van der Waals surface area (Å²) in [4.78, 5) is 28.8. The second-order valence-corrected chi connectivity index (χ2v) is 6.31. The highest BCUT2D eigenvalue weighted by Gasteiger charge is 2.35. The highest BCUT2D eigenvalue weighted by molar-refractivity contribution is 5.93. The zero-order valence-electron chi connectivity index (χ0n) is 12.4. The molecule has 0 radical (unpaired) electrons. The lowest BCUT2D eigenvalue weighted by Gasteiger charge is -2.37. The number of nitrogens with one attached hydrogen (secondary N) is 2. The van der Waals surface area contributed by atoms with Crippen LogP contribution in [0, 0.1) is 5.41 Å². The second kappa shape index (κ2) is 6.02. The van der Waals surface area contributed by atoms with Gasteiger partial charge in [0.15, 0.2) is 0 Å². The first-order chi connectivity index (χ1) is 10.2. The molecule has 0 aliphatic carbocycles. The molecule has 2 fully saturated rings. The van der Waals surface area contributed by atoms with E-state index in [2.05, 4.69) is 10.3 Å². The van der Waals surface area contributed by atoms with Crippen molar-refractivity contribution in [2.75, 3.05) is 26.2 Å². The van der Waals surface area contributed by atoms with E-state index in [0.717, 1.165) is 39.0 Å². The molecule has 3 heterocycles. The van der Waals surface area contributed by atoms with Crippen molar-refractivity contribution in [1.82, 2.24) is 15.2 Å². The molecule has 0 aromatic carbocycles. The molecular formula is C16H23N3O2. The minimum absolute atomic E-state index is 0.122. The molecule has 1 aromatic rings. The summed E-state index contributed by atoms with van der Waals surface area (Å²) in [6.07, 6.45) is 7.28. The van der Waals surface area contributed by atoms with Gasteiger partial charge < -0.3 is 15.2 Å². The van der Waals surface area contributed by atoms with Crippen molar-refractivity contribution in [3.63, 3.8) is 0 Å². The van der Waals surface area contributed by atoms with Gasteiger partial charge in [0.2, 0.25) is 0 Å². The normalized spacial score (nSPS) is 22.0. The lowest BCUT2D eigenvalue weighted by atomic mass is 9.73. The fourth-order valence-corrected chi connectivity index (χ4v) is 3.67. The molecule has 21 heavy (non-hydrogen) atoms. The molecule has 2 saturated heterocycles. The summed E-state index contributed by atoms with van der Waals surface area (Å²) in [7, 11) is 0. The number of hydrogen-bond acceptors (Lipinski definition) is 3. The molecule has 2 aliphatic rings. The van der Waals surface area contributed by atoms with Gasteiger partial charge in [-0.3, -0.25) is 9.59 Å². The van der Waals surface area contributed by atoms with Crippen molar-refractivity contribution in [3.05, 3.63) is 34.2 Å². The number of aromatic nitrogens is 1. The number of hydrogen-bond donors (Lipinski definition) is 2. The number of likely N-dealkylation sites (tertiary alicyclic amines) is 1. The maximum absolute atomic E-state index is 12.5. The minimum Gasteiger partial charge on any atom is -0.338 e. The molecule has 0 bridgehead atoms. The fourth-order valence-electron chi connectivity index (χ4n) is 3.67. The molecule has 0 saturated carbocycles. The standard InChI is InChI=1S/C16H23N3O2/c20-14-13(3-1-8-18-14)15(21)19-11-2-4-16(7-12-19)5-9-17-10-6-16/h1,3,8,17H,2,4-7,9-12H2,(H,18,20). The van der Waals surface area contributed by atoms with E-state index >= 15 is 0 Å². The van der Waals surface area contributed by atoms with E-state index in [-0.39, 0.29) is 17.0 Å². The lowest BCUT2D eigenvalue weighted by Crippen LogP contribution is -2.39. The number of amides is 1. The first-order valence-electron chi connectivity index (χ1n) is 7.88. The van der Waals surface area contributed by atoms with Gasteiger partial charge in [0.1, 0.15) is 5.56 Å². The quantitative estimate of drug-likeness (QED) is 0.820. The van der Waals surface area contributed by atoms with E-state index in [0.29, 0.717) is 5.41 Å². The number of nitrogens with zero attached hydrogens (tertiary/aromatic N) is 1.